The maximum atomic E-state index is 10.8. The van der Waals surface area contributed by atoms with Gasteiger partial charge in [0.05, 0.1) is 10.5 Å². The van der Waals surface area contributed by atoms with Gasteiger partial charge in [0.15, 0.2) is 0 Å². The maximum Gasteiger partial charge on any atom is 0.335 e. The molecule has 0 heterocycles. The maximum absolute atomic E-state index is 10.8. The molecule has 0 atom stereocenters. The Morgan fingerprint density at radius 1 is 1.37 bits per heavy atom. The topological polar surface area (TPSA) is 148 Å². The molecule has 5 N–H and O–H groups in total. The van der Waals surface area contributed by atoms with Gasteiger partial charge in [0, 0.05) is 19.2 Å². The standard InChI is InChI=1S/C10H12N4O5/c11-10(17)13-4-3-12-7-2-1-6(9(15)16)5-8(7)14(18)19/h1-2,5,12H,3-4H2,(H,15,16)(H3,11,13,17). The number of hydrogen-bond donors (Lipinski definition) is 4. The highest BCUT2D eigenvalue weighted by molar-refractivity contribution is 5.89. The van der Waals surface area contributed by atoms with Crippen molar-refractivity contribution in [1.29, 1.82) is 0 Å². The van der Waals surface area contributed by atoms with E-state index in [1.54, 1.807) is 0 Å². The molecule has 0 aliphatic carbocycles. The van der Waals surface area contributed by atoms with Crippen molar-refractivity contribution in [3.05, 3.63) is 33.9 Å². The number of carbonyl (C=O) groups excluding carboxylic acids is 1. The van der Waals surface area contributed by atoms with Crippen LogP contribution in [-0.4, -0.2) is 35.1 Å². The summed E-state index contributed by atoms with van der Waals surface area (Å²) in [4.78, 5) is 31.3. The molecule has 9 nitrogen and oxygen atoms in total. The van der Waals surface area contributed by atoms with Gasteiger partial charge in [0.2, 0.25) is 0 Å². The molecule has 0 spiro atoms. The van der Waals surface area contributed by atoms with Crippen LogP contribution in [0.15, 0.2) is 18.2 Å². The van der Waals surface area contributed by atoms with Gasteiger partial charge in [-0.25, -0.2) is 9.59 Å². The number of amides is 2. The van der Waals surface area contributed by atoms with Crippen LogP contribution in [0.5, 0.6) is 0 Å². The molecule has 1 aromatic rings. The average molecular weight is 268 g/mol. The summed E-state index contributed by atoms with van der Waals surface area (Å²) in [6.07, 6.45) is 0. The van der Waals surface area contributed by atoms with E-state index in [1.165, 1.54) is 12.1 Å². The predicted octanol–water partition coefficient (Wildman–Crippen LogP) is 0.373. The van der Waals surface area contributed by atoms with Crippen LogP contribution in [0.1, 0.15) is 10.4 Å². The lowest BCUT2D eigenvalue weighted by Crippen LogP contribution is -2.33. The number of benzene rings is 1. The molecular formula is C10H12N4O5. The highest BCUT2D eigenvalue weighted by Gasteiger charge is 2.16. The Kier molecular flexibility index (Phi) is 4.63. The Balaban J connectivity index is 2.79. The van der Waals surface area contributed by atoms with E-state index >= 15 is 0 Å². The third-order valence-corrected chi connectivity index (χ3v) is 2.18. The number of nitrogens with zero attached hydrogens (tertiary/aromatic N) is 1. The number of carbonyl (C=O) groups is 2. The highest BCUT2D eigenvalue weighted by Crippen LogP contribution is 2.25. The number of nitrogens with one attached hydrogen (secondary N) is 2. The van der Waals surface area contributed by atoms with Crippen LogP contribution >= 0.6 is 0 Å². The first kappa shape index (κ1) is 14.2. The second-order valence-electron chi connectivity index (χ2n) is 3.51. The highest BCUT2D eigenvalue weighted by atomic mass is 16.6. The van der Waals surface area contributed by atoms with Gasteiger partial charge < -0.3 is 21.5 Å². The Bertz CT molecular complexity index is 517. The first-order chi connectivity index (χ1) is 8.91. The molecule has 102 valence electrons. The SMILES string of the molecule is NC(=O)NCCNc1ccc(C(=O)O)cc1[N+](=O)[O-]. The lowest BCUT2D eigenvalue weighted by molar-refractivity contribution is -0.384. The smallest absolute Gasteiger partial charge is 0.335 e. The van der Waals surface area contributed by atoms with E-state index in [-0.39, 0.29) is 30.0 Å². The summed E-state index contributed by atoms with van der Waals surface area (Å²) in [5, 5.41) is 24.6. The van der Waals surface area contributed by atoms with Gasteiger partial charge in [-0.3, -0.25) is 10.1 Å². The minimum absolute atomic E-state index is 0.168. The van der Waals surface area contributed by atoms with Crippen LogP contribution < -0.4 is 16.4 Å². The monoisotopic (exact) mass is 268 g/mol. The number of anilines is 1. The van der Waals surface area contributed by atoms with E-state index in [0.29, 0.717) is 0 Å². The Labute approximate surface area is 107 Å². The van der Waals surface area contributed by atoms with Crippen molar-refractivity contribution in [2.75, 3.05) is 18.4 Å². The van der Waals surface area contributed by atoms with E-state index in [4.69, 9.17) is 10.8 Å². The fraction of sp³-hybridized carbons (Fsp3) is 0.200. The van der Waals surface area contributed by atoms with Crippen LogP contribution in [0.2, 0.25) is 0 Å². The fourth-order valence-corrected chi connectivity index (χ4v) is 1.35. The van der Waals surface area contributed by atoms with E-state index in [2.05, 4.69) is 10.6 Å². The van der Waals surface area contributed by atoms with Gasteiger partial charge in [0.1, 0.15) is 5.69 Å². The average Bonchev–Trinajstić information content (AvgIpc) is 2.34. The third kappa shape index (κ3) is 4.15. The number of urea groups is 1. The van der Waals surface area contributed by atoms with Gasteiger partial charge >= 0.3 is 12.0 Å². The lowest BCUT2D eigenvalue weighted by atomic mass is 10.1. The summed E-state index contributed by atoms with van der Waals surface area (Å²) >= 11 is 0. The molecule has 0 fully saturated rings. The molecule has 0 saturated heterocycles. The molecular weight excluding hydrogens is 256 g/mol. The molecule has 9 heteroatoms. The van der Waals surface area contributed by atoms with Crippen LogP contribution in [0.25, 0.3) is 0 Å². The number of nitrogens with two attached hydrogens (primary N) is 1. The van der Waals surface area contributed by atoms with Crippen LogP contribution in [0.4, 0.5) is 16.2 Å². The van der Waals surface area contributed by atoms with Crippen molar-refractivity contribution in [3.8, 4) is 0 Å². The molecule has 0 aliphatic rings. The summed E-state index contributed by atoms with van der Waals surface area (Å²) < 4.78 is 0. The Hall–Kier alpha value is -2.84. The quantitative estimate of drug-likeness (QED) is 0.333. The molecule has 0 unspecified atom stereocenters. The van der Waals surface area contributed by atoms with Gasteiger partial charge in [0.25, 0.3) is 5.69 Å². The van der Waals surface area contributed by atoms with E-state index in [1.807, 2.05) is 0 Å². The first-order valence-electron chi connectivity index (χ1n) is 5.20. The number of carboxylic acids is 1. The minimum Gasteiger partial charge on any atom is -0.478 e. The normalized spacial score (nSPS) is 9.68. The molecule has 0 saturated carbocycles. The number of primary amides is 1. The predicted molar refractivity (Wildman–Crippen MR) is 66.1 cm³/mol. The first-order valence-corrected chi connectivity index (χ1v) is 5.20. The molecule has 0 aromatic heterocycles. The second kappa shape index (κ2) is 6.19. The molecule has 0 bridgehead atoms. The number of rotatable bonds is 6. The van der Waals surface area contributed by atoms with Crippen molar-refractivity contribution in [2.24, 2.45) is 5.73 Å². The van der Waals surface area contributed by atoms with Crippen molar-refractivity contribution in [1.82, 2.24) is 5.32 Å². The zero-order valence-corrected chi connectivity index (χ0v) is 9.75. The summed E-state index contributed by atoms with van der Waals surface area (Å²) in [6, 6.07) is 2.81. The van der Waals surface area contributed by atoms with Crippen LogP contribution in [0, 0.1) is 10.1 Å². The second-order valence-corrected chi connectivity index (χ2v) is 3.51. The van der Waals surface area contributed by atoms with Crippen molar-refractivity contribution in [2.45, 2.75) is 0 Å². The molecule has 0 aliphatic heterocycles. The number of nitro benzene ring substituents is 1. The zero-order chi connectivity index (χ0) is 14.4. The fourth-order valence-electron chi connectivity index (χ4n) is 1.35. The third-order valence-electron chi connectivity index (χ3n) is 2.18. The van der Waals surface area contributed by atoms with Crippen molar-refractivity contribution < 1.29 is 19.6 Å². The largest absolute Gasteiger partial charge is 0.478 e. The van der Waals surface area contributed by atoms with Gasteiger partial charge in [-0.05, 0) is 12.1 Å². The molecule has 19 heavy (non-hydrogen) atoms. The Morgan fingerprint density at radius 2 is 2.05 bits per heavy atom. The van der Waals surface area contributed by atoms with Gasteiger partial charge in [-0.15, -0.1) is 0 Å². The van der Waals surface area contributed by atoms with Gasteiger partial charge in [-0.2, -0.15) is 0 Å². The van der Waals surface area contributed by atoms with Crippen molar-refractivity contribution >= 4 is 23.4 Å². The van der Waals surface area contributed by atoms with Crippen LogP contribution in [-0.2, 0) is 0 Å². The Morgan fingerprint density at radius 3 is 2.58 bits per heavy atom. The molecule has 0 radical (unpaired) electrons. The van der Waals surface area contributed by atoms with E-state index in [0.717, 1.165) is 6.07 Å². The minimum atomic E-state index is -1.25. The molecule has 1 aromatic carbocycles. The van der Waals surface area contributed by atoms with Gasteiger partial charge in [-0.1, -0.05) is 0 Å². The van der Waals surface area contributed by atoms with E-state index < -0.39 is 16.9 Å². The summed E-state index contributed by atoms with van der Waals surface area (Å²) in [5.41, 5.74) is 4.50. The van der Waals surface area contributed by atoms with Crippen molar-refractivity contribution in [3.63, 3.8) is 0 Å². The van der Waals surface area contributed by atoms with Crippen LogP contribution in [0.3, 0.4) is 0 Å². The molecule has 2 amide bonds. The summed E-state index contributed by atoms with van der Waals surface area (Å²) in [6.45, 7) is 0.406. The van der Waals surface area contributed by atoms with E-state index in [9.17, 15) is 19.7 Å². The summed E-state index contributed by atoms with van der Waals surface area (Å²) in [7, 11) is 0. The number of hydrogen-bond acceptors (Lipinski definition) is 5. The number of carboxylic acid groups (broad SMARTS) is 1. The zero-order valence-electron chi connectivity index (χ0n) is 9.75. The molecule has 1 rings (SSSR count). The lowest BCUT2D eigenvalue weighted by Gasteiger charge is -2.07. The summed E-state index contributed by atoms with van der Waals surface area (Å²) in [5.74, 6) is -1.25. The number of aromatic carboxylic acids is 1. The number of nitro groups is 1.